The lowest BCUT2D eigenvalue weighted by molar-refractivity contribution is 0.793. The summed E-state index contributed by atoms with van der Waals surface area (Å²) in [6, 6.07) is 10.1. The van der Waals surface area contributed by atoms with Crippen molar-refractivity contribution in [2.45, 2.75) is 26.3 Å². The molecule has 4 heteroatoms. The van der Waals surface area contributed by atoms with E-state index in [1.807, 2.05) is 25.2 Å². The van der Waals surface area contributed by atoms with Crippen LogP contribution < -0.4 is 10.9 Å². The van der Waals surface area contributed by atoms with Crippen molar-refractivity contribution in [3.63, 3.8) is 0 Å². The van der Waals surface area contributed by atoms with Crippen LogP contribution in [0.25, 0.3) is 11.3 Å². The van der Waals surface area contributed by atoms with Crippen LogP contribution in [0.4, 0.5) is 0 Å². The largest absolute Gasteiger partial charge is 0.315 e. The molecule has 0 amide bonds. The predicted octanol–water partition coefficient (Wildman–Crippen LogP) is 2.28. The van der Waals surface area contributed by atoms with Crippen molar-refractivity contribution in [3.05, 3.63) is 51.8 Å². The van der Waals surface area contributed by atoms with Crippen molar-refractivity contribution in [2.75, 3.05) is 7.05 Å². The highest BCUT2D eigenvalue weighted by atomic mass is 16.1. The van der Waals surface area contributed by atoms with Crippen LogP contribution in [0.5, 0.6) is 0 Å². The van der Waals surface area contributed by atoms with Gasteiger partial charge in [0.25, 0.3) is 5.56 Å². The molecule has 1 aromatic heterocycles. The monoisotopic (exact) mass is 257 g/mol. The molecule has 2 rings (SSSR count). The first-order chi connectivity index (χ1) is 9.11. The highest BCUT2D eigenvalue weighted by molar-refractivity contribution is 5.59. The van der Waals surface area contributed by atoms with E-state index in [9.17, 15) is 4.79 Å². The Balaban J connectivity index is 2.36. The normalized spacial score (nSPS) is 10.9. The summed E-state index contributed by atoms with van der Waals surface area (Å²) in [6.45, 7) is 4.87. The Hall–Kier alpha value is -1.94. The van der Waals surface area contributed by atoms with E-state index in [-0.39, 0.29) is 5.56 Å². The van der Waals surface area contributed by atoms with Gasteiger partial charge in [-0.15, -0.1) is 0 Å². The molecule has 100 valence electrons. The Bertz CT molecular complexity index is 600. The Kier molecular flexibility index (Phi) is 4.12. The van der Waals surface area contributed by atoms with Crippen molar-refractivity contribution in [2.24, 2.45) is 0 Å². The topological polar surface area (TPSA) is 57.8 Å². The SMILES string of the molecule is CNCc1cc(-c2ccc(C(C)C)cc2)n[nH]c1=O. The first-order valence-corrected chi connectivity index (χ1v) is 6.45. The van der Waals surface area contributed by atoms with Crippen LogP contribution in [0.2, 0.25) is 0 Å². The minimum absolute atomic E-state index is 0.142. The third-order valence-corrected chi connectivity index (χ3v) is 3.12. The van der Waals surface area contributed by atoms with Crippen molar-refractivity contribution in [1.82, 2.24) is 15.5 Å². The van der Waals surface area contributed by atoms with Crippen molar-refractivity contribution in [1.29, 1.82) is 0 Å². The maximum Gasteiger partial charge on any atom is 0.268 e. The van der Waals surface area contributed by atoms with Gasteiger partial charge in [0.2, 0.25) is 0 Å². The van der Waals surface area contributed by atoms with Gasteiger partial charge in [-0.25, -0.2) is 5.10 Å². The average molecular weight is 257 g/mol. The second-order valence-corrected chi connectivity index (χ2v) is 4.91. The molecule has 0 fully saturated rings. The highest BCUT2D eigenvalue weighted by Gasteiger charge is 2.05. The zero-order valence-electron chi connectivity index (χ0n) is 11.5. The smallest absolute Gasteiger partial charge is 0.268 e. The molecule has 2 aromatic rings. The van der Waals surface area contributed by atoms with Crippen molar-refractivity contribution in [3.8, 4) is 11.3 Å². The molecular formula is C15H19N3O. The van der Waals surface area contributed by atoms with Crippen LogP contribution in [-0.2, 0) is 6.54 Å². The van der Waals surface area contributed by atoms with Gasteiger partial charge in [-0.1, -0.05) is 38.1 Å². The summed E-state index contributed by atoms with van der Waals surface area (Å²) in [5, 5.41) is 9.62. The quantitative estimate of drug-likeness (QED) is 0.883. The standard InChI is InChI=1S/C15H19N3O/c1-10(2)11-4-6-12(7-5-11)14-8-13(9-16-3)15(19)18-17-14/h4-8,10,16H,9H2,1-3H3,(H,18,19). The van der Waals surface area contributed by atoms with E-state index in [0.29, 0.717) is 18.0 Å². The molecule has 0 aliphatic rings. The van der Waals surface area contributed by atoms with Gasteiger partial charge in [-0.05, 0) is 24.6 Å². The number of benzene rings is 1. The molecule has 1 heterocycles. The molecule has 0 atom stereocenters. The van der Waals surface area contributed by atoms with Gasteiger partial charge in [0.1, 0.15) is 0 Å². The van der Waals surface area contributed by atoms with E-state index in [2.05, 4.69) is 41.5 Å². The molecule has 0 bridgehead atoms. The van der Waals surface area contributed by atoms with E-state index in [1.165, 1.54) is 5.56 Å². The fourth-order valence-corrected chi connectivity index (χ4v) is 1.95. The molecule has 19 heavy (non-hydrogen) atoms. The molecule has 2 N–H and O–H groups in total. The van der Waals surface area contributed by atoms with Gasteiger partial charge >= 0.3 is 0 Å². The molecular weight excluding hydrogens is 238 g/mol. The number of aromatic nitrogens is 2. The van der Waals surface area contributed by atoms with E-state index in [4.69, 9.17) is 0 Å². The lowest BCUT2D eigenvalue weighted by Gasteiger charge is -2.07. The molecule has 1 aromatic carbocycles. The Labute approximate surface area is 112 Å². The fraction of sp³-hybridized carbons (Fsp3) is 0.333. The van der Waals surface area contributed by atoms with Gasteiger partial charge in [-0.3, -0.25) is 4.79 Å². The van der Waals surface area contributed by atoms with Crippen LogP contribution in [-0.4, -0.2) is 17.2 Å². The van der Waals surface area contributed by atoms with Crippen LogP contribution >= 0.6 is 0 Å². The molecule has 0 radical (unpaired) electrons. The number of hydrogen-bond acceptors (Lipinski definition) is 3. The van der Waals surface area contributed by atoms with Gasteiger partial charge in [0.05, 0.1) is 5.69 Å². The van der Waals surface area contributed by atoms with Crippen LogP contribution in [0.15, 0.2) is 35.1 Å². The number of nitrogens with one attached hydrogen (secondary N) is 2. The average Bonchev–Trinajstić information content (AvgIpc) is 2.41. The molecule has 4 nitrogen and oxygen atoms in total. The molecule has 0 aliphatic carbocycles. The molecule has 0 unspecified atom stereocenters. The fourth-order valence-electron chi connectivity index (χ4n) is 1.95. The summed E-state index contributed by atoms with van der Waals surface area (Å²) in [7, 11) is 1.82. The molecule has 0 saturated carbocycles. The minimum atomic E-state index is -0.142. The Morgan fingerprint density at radius 2 is 1.95 bits per heavy atom. The summed E-state index contributed by atoms with van der Waals surface area (Å²) in [4.78, 5) is 11.6. The van der Waals surface area contributed by atoms with E-state index in [1.54, 1.807) is 0 Å². The zero-order valence-corrected chi connectivity index (χ0v) is 11.5. The van der Waals surface area contributed by atoms with Crippen LogP contribution in [0, 0.1) is 0 Å². The highest BCUT2D eigenvalue weighted by Crippen LogP contribution is 2.20. The molecule has 0 spiro atoms. The molecule has 0 aliphatic heterocycles. The maximum absolute atomic E-state index is 11.6. The first-order valence-electron chi connectivity index (χ1n) is 6.45. The zero-order chi connectivity index (χ0) is 13.8. The Morgan fingerprint density at radius 3 is 2.53 bits per heavy atom. The maximum atomic E-state index is 11.6. The third-order valence-electron chi connectivity index (χ3n) is 3.12. The summed E-state index contributed by atoms with van der Waals surface area (Å²) in [5.74, 6) is 0.512. The lowest BCUT2D eigenvalue weighted by Crippen LogP contribution is -2.19. The summed E-state index contributed by atoms with van der Waals surface area (Å²) < 4.78 is 0. The van der Waals surface area contributed by atoms with Gasteiger partial charge in [-0.2, -0.15) is 5.10 Å². The lowest BCUT2D eigenvalue weighted by atomic mass is 10.0. The van der Waals surface area contributed by atoms with Gasteiger partial charge < -0.3 is 5.32 Å². The second kappa shape index (κ2) is 5.80. The number of hydrogen-bond donors (Lipinski definition) is 2. The second-order valence-electron chi connectivity index (χ2n) is 4.91. The third kappa shape index (κ3) is 3.09. The first kappa shape index (κ1) is 13.5. The van der Waals surface area contributed by atoms with Crippen molar-refractivity contribution >= 4 is 0 Å². The van der Waals surface area contributed by atoms with Crippen LogP contribution in [0.3, 0.4) is 0 Å². The van der Waals surface area contributed by atoms with Crippen LogP contribution in [0.1, 0.15) is 30.9 Å². The van der Waals surface area contributed by atoms with Gasteiger partial charge in [0, 0.05) is 17.7 Å². The van der Waals surface area contributed by atoms with Gasteiger partial charge in [0.15, 0.2) is 0 Å². The minimum Gasteiger partial charge on any atom is -0.315 e. The van der Waals surface area contributed by atoms with E-state index >= 15 is 0 Å². The van der Waals surface area contributed by atoms with Crippen molar-refractivity contribution < 1.29 is 0 Å². The van der Waals surface area contributed by atoms with E-state index in [0.717, 1.165) is 11.3 Å². The number of rotatable bonds is 4. The number of H-pyrrole nitrogens is 1. The van der Waals surface area contributed by atoms with E-state index < -0.39 is 0 Å². The summed E-state index contributed by atoms with van der Waals surface area (Å²) in [6.07, 6.45) is 0. The summed E-state index contributed by atoms with van der Waals surface area (Å²) in [5.41, 5.74) is 3.65. The Morgan fingerprint density at radius 1 is 1.26 bits per heavy atom. The number of aromatic amines is 1. The number of nitrogens with zero attached hydrogens (tertiary/aromatic N) is 1. The predicted molar refractivity (Wildman–Crippen MR) is 77.1 cm³/mol. The summed E-state index contributed by atoms with van der Waals surface area (Å²) >= 11 is 0. The molecule has 0 saturated heterocycles.